The number of hydrogen-bond donors (Lipinski definition) is 1. The smallest absolute Gasteiger partial charge is 0.231 e. The third kappa shape index (κ3) is 2.38. The van der Waals surface area contributed by atoms with E-state index in [1.165, 1.54) is 44.3 Å². The Bertz CT molecular complexity index is 491. The summed E-state index contributed by atoms with van der Waals surface area (Å²) in [6.07, 6.45) is 5.37. The van der Waals surface area contributed by atoms with E-state index in [1.807, 2.05) is 6.07 Å². The second-order valence-corrected chi connectivity index (χ2v) is 6.12. The normalized spacial score (nSPS) is 28.6. The molecular formula is C16H22N2O2. The molecule has 3 aliphatic heterocycles. The van der Waals surface area contributed by atoms with Crippen LogP contribution in [0.5, 0.6) is 11.5 Å². The first kappa shape index (κ1) is 12.5. The van der Waals surface area contributed by atoms with Gasteiger partial charge in [0.05, 0.1) is 0 Å². The van der Waals surface area contributed by atoms with Crippen LogP contribution in [-0.4, -0.2) is 36.9 Å². The number of benzene rings is 1. The summed E-state index contributed by atoms with van der Waals surface area (Å²) in [4.78, 5) is 2.67. The maximum Gasteiger partial charge on any atom is 0.231 e. The summed E-state index contributed by atoms with van der Waals surface area (Å²) in [6.45, 7) is 3.86. The Labute approximate surface area is 120 Å². The number of nitrogens with zero attached hydrogens (tertiary/aromatic N) is 1. The van der Waals surface area contributed by atoms with Gasteiger partial charge in [0, 0.05) is 18.6 Å². The van der Waals surface area contributed by atoms with Gasteiger partial charge < -0.3 is 19.7 Å². The Morgan fingerprint density at radius 1 is 1.15 bits per heavy atom. The minimum atomic E-state index is 0.354. The molecule has 4 heteroatoms. The summed E-state index contributed by atoms with van der Waals surface area (Å²) >= 11 is 0. The van der Waals surface area contributed by atoms with Crippen molar-refractivity contribution in [3.05, 3.63) is 23.8 Å². The molecule has 108 valence electrons. The number of nitrogens with one attached hydrogen (secondary N) is 1. The summed E-state index contributed by atoms with van der Waals surface area (Å²) in [6, 6.07) is 7.74. The van der Waals surface area contributed by atoms with E-state index >= 15 is 0 Å². The zero-order chi connectivity index (χ0) is 13.4. The highest BCUT2D eigenvalue weighted by molar-refractivity contribution is 5.44. The fourth-order valence-corrected chi connectivity index (χ4v) is 3.72. The van der Waals surface area contributed by atoms with Crippen LogP contribution in [0, 0.1) is 0 Å². The lowest BCUT2D eigenvalue weighted by Gasteiger charge is -2.35. The molecular weight excluding hydrogens is 252 g/mol. The first-order chi connectivity index (χ1) is 9.88. The van der Waals surface area contributed by atoms with Crippen LogP contribution in [0.4, 0.5) is 0 Å². The van der Waals surface area contributed by atoms with Gasteiger partial charge in [-0.1, -0.05) is 6.07 Å². The van der Waals surface area contributed by atoms with Crippen LogP contribution in [0.1, 0.15) is 31.2 Å². The van der Waals surface area contributed by atoms with E-state index in [9.17, 15) is 0 Å². The topological polar surface area (TPSA) is 33.7 Å². The molecule has 0 aromatic heterocycles. The molecule has 3 heterocycles. The van der Waals surface area contributed by atoms with Crippen molar-refractivity contribution in [1.29, 1.82) is 0 Å². The van der Waals surface area contributed by atoms with Gasteiger partial charge in [0.1, 0.15) is 0 Å². The molecule has 20 heavy (non-hydrogen) atoms. The summed E-state index contributed by atoms with van der Waals surface area (Å²) < 4.78 is 10.8. The van der Waals surface area contributed by atoms with E-state index in [2.05, 4.69) is 22.3 Å². The summed E-state index contributed by atoms with van der Waals surface area (Å²) in [7, 11) is 0. The lowest BCUT2D eigenvalue weighted by molar-refractivity contribution is 0.166. The van der Waals surface area contributed by atoms with Crippen LogP contribution >= 0.6 is 0 Å². The highest BCUT2D eigenvalue weighted by Crippen LogP contribution is 2.32. The molecule has 0 radical (unpaired) electrons. The molecule has 2 unspecified atom stereocenters. The van der Waals surface area contributed by atoms with Gasteiger partial charge in [0.2, 0.25) is 6.79 Å². The fraction of sp³-hybridized carbons (Fsp3) is 0.625. The second kappa shape index (κ2) is 5.26. The molecule has 2 atom stereocenters. The van der Waals surface area contributed by atoms with Crippen LogP contribution < -0.4 is 14.8 Å². The molecule has 0 amide bonds. The van der Waals surface area contributed by atoms with E-state index in [0.717, 1.165) is 24.1 Å². The lowest BCUT2D eigenvalue weighted by atomic mass is 9.97. The molecule has 1 aromatic rings. The minimum absolute atomic E-state index is 0.354. The Kier molecular flexibility index (Phi) is 3.28. The summed E-state index contributed by atoms with van der Waals surface area (Å²) in [5, 5.41) is 3.72. The van der Waals surface area contributed by atoms with Gasteiger partial charge in [-0.15, -0.1) is 0 Å². The molecule has 2 saturated heterocycles. The Morgan fingerprint density at radius 2 is 2.10 bits per heavy atom. The highest BCUT2D eigenvalue weighted by atomic mass is 16.7. The molecule has 0 spiro atoms. The van der Waals surface area contributed by atoms with Crippen LogP contribution in [0.15, 0.2) is 18.2 Å². The standard InChI is InChI=1S/C16H22N2O2/c1-2-14-9-13(5-7-18(14)6-1)17-10-12-3-4-15-16(8-12)20-11-19-15/h3-4,8,13-14,17H,1-2,5-7,9-11H2. The van der Waals surface area contributed by atoms with Gasteiger partial charge in [0.15, 0.2) is 11.5 Å². The number of piperidine rings is 1. The lowest BCUT2D eigenvalue weighted by Crippen LogP contribution is -2.45. The molecule has 3 aliphatic rings. The van der Waals surface area contributed by atoms with Crippen molar-refractivity contribution < 1.29 is 9.47 Å². The van der Waals surface area contributed by atoms with Crippen LogP contribution in [0.2, 0.25) is 0 Å². The zero-order valence-electron chi connectivity index (χ0n) is 11.8. The van der Waals surface area contributed by atoms with Crippen LogP contribution in [0.3, 0.4) is 0 Å². The second-order valence-electron chi connectivity index (χ2n) is 6.12. The molecule has 1 N–H and O–H groups in total. The van der Waals surface area contributed by atoms with E-state index < -0.39 is 0 Å². The predicted molar refractivity (Wildman–Crippen MR) is 77.0 cm³/mol. The van der Waals surface area contributed by atoms with Crippen molar-refractivity contribution in [1.82, 2.24) is 10.2 Å². The van der Waals surface area contributed by atoms with Gasteiger partial charge >= 0.3 is 0 Å². The molecule has 4 nitrogen and oxygen atoms in total. The SMILES string of the molecule is c1cc2c(cc1CNC1CCN3CCCC3C1)OCO2. The fourth-order valence-electron chi connectivity index (χ4n) is 3.72. The Hall–Kier alpha value is -1.26. The van der Waals surface area contributed by atoms with Gasteiger partial charge in [-0.25, -0.2) is 0 Å². The molecule has 0 saturated carbocycles. The third-order valence-electron chi connectivity index (χ3n) is 4.85. The number of rotatable bonds is 3. The maximum atomic E-state index is 5.43. The highest BCUT2D eigenvalue weighted by Gasteiger charge is 2.31. The van der Waals surface area contributed by atoms with Crippen molar-refractivity contribution in [3.63, 3.8) is 0 Å². The van der Waals surface area contributed by atoms with Crippen molar-refractivity contribution in [3.8, 4) is 11.5 Å². The van der Waals surface area contributed by atoms with Crippen LogP contribution in [0.25, 0.3) is 0 Å². The summed E-state index contributed by atoms with van der Waals surface area (Å²) in [5.74, 6) is 1.75. The van der Waals surface area contributed by atoms with Crippen molar-refractivity contribution in [2.75, 3.05) is 19.9 Å². The molecule has 4 rings (SSSR count). The van der Waals surface area contributed by atoms with Gasteiger partial charge in [-0.3, -0.25) is 0 Å². The molecule has 0 aliphatic carbocycles. The Balaban J connectivity index is 1.34. The van der Waals surface area contributed by atoms with Gasteiger partial charge in [0.25, 0.3) is 0 Å². The van der Waals surface area contributed by atoms with Crippen molar-refractivity contribution >= 4 is 0 Å². The van der Waals surface area contributed by atoms with E-state index in [1.54, 1.807) is 0 Å². The first-order valence-corrected chi connectivity index (χ1v) is 7.74. The summed E-state index contributed by atoms with van der Waals surface area (Å²) in [5.41, 5.74) is 1.28. The largest absolute Gasteiger partial charge is 0.454 e. The average Bonchev–Trinajstić information content (AvgIpc) is 3.12. The number of hydrogen-bond acceptors (Lipinski definition) is 4. The third-order valence-corrected chi connectivity index (χ3v) is 4.85. The molecule has 1 aromatic carbocycles. The van der Waals surface area contributed by atoms with Gasteiger partial charge in [-0.2, -0.15) is 0 Å². The molecule has 2 fully saturated rings. The van der Waals surface area contributed by atoms with Gasteiger partial charge in [-0.05, 0) is 56.5 Å². The molecule has 0 bridgehead atoms. The predicted octanol–water partition coefficient (Wildman–Crippen LogP) is 2.13. The average molecular weight is 274 g/mol. The van der Waals surface area contributed by atoms with E-state index in [4.69, 9.17) is 9.47 Å². The maximum absolute atomic E-state index is 5.43. The van der Waals surface area contributed by atoms with Crippen LogP contribution in [-0.2, 0) is 6.54 Å². The first-order valence-electron chi connectivity index (χ1n) is 7.74. The van der Waals surface area contributed by atoms with Crippen molar-refractivity contribution in [2.45, 2.75) is 44.3 Å². The minimum Gasteiger partial charge on any atom is -0.454 e. The zero-order valence-corrected chi connectivity index (χ0v) is 11.8. The number of ether oxygens (including phenoxy) is 2. The van der Waals surface area contributed by atoms with E-state index in [-0.39, 0.29) is 0 Å². The monoisotopic (exact) mass is 274 g/mol. The number of fused-ring (bicyclic) bond motifs is 2. The quantitative estimate of drug-likeness (QED) is 0.915. The van der Waals surface area contributed by atoms with Crippen molar-refractivity contribution in [2.24, 2.45) is 0 Å². The van der Waals surface area contributed by atoms with E-state index in [0.29, 0.717) is 12.8 Å². The Morgan fingerprint density at radius 3 is 3.10 bits per heavy atom.